The molecule has 4 rings (SSSR count). The fourth-order valence-corrected chi connectivity index (χ4v) is 3.63. The van der Waals surface area contributed by atoms with Crippen molar-refractivity contribution < 1.29 is 14.3 Å². The molecule has 2 aliphatic rings. The zero-order chi connectivity index (χ0) is 19.7. The third-order valence-electron chi connectivity index (χ3n) is 5.14. The van der Waals surface area contributed by atoms with Crippen molar-refractivity contribution in [1.29, 1.82) is 0 Å². The molecule has 0 radical (unpaired) electrons. The summed E-state index contributed by atoms with van der Waals surface area (Å²) in [7, 11) is 0. The Morgan fingerprint density at radius 2 is 2.00 bits per heavy atom. The second kappa shape index (κ2) is 7.68. The van der Waals surface area contributed by atoms with Crippen molar-refractivity contribution in [2.75, 3.05) is 18.4 Å². The fraction of sp³-hybridized carbons (Fsp3) is 0.273. The lowest BCUT2D eigenvalue weighted by atomic mass is 9.98. The van der Waals surface area contributed by atoms with Crippen molar-refractivity contribution in [1.82, 2.24) is 4.90 Å². The summed E-state index contributed by atoms with van der Waals surface area (Å²) in [6, 6.07) is 12.3. The SMILES string of the molecule is CC1CCN(C(=O)c2ccc3c(c2)NC(=O)C(=Cc2cccc(Cl)c2)O3)CC1. The van der Waals surface area contributed by atoms with Gasteiger partial charge in [0.15, 0.2) is 11.5 Å². The van der Waals surface area contributed by atoms with E-state index < -0.39 is 0 Å². The van der Waals surface area contributed by atoms with E-state index in [1.807, 2.05) is 17.0 Å². The second-order valence-corrected chi connectivity index (χ2v) is 7.74. The third-order valence-corrected chi connectivity index (χ3v) is 5.37. The van der Waals surface area contributed by atoms with E-state index in [0.29, 0.717) is 27.9 Å². The van der Waals surface area contributed by atoms with E-state index in [1.54, 1.807) is 36.4 Å². The Labute approximate surface area is 168 Å². The summed E-state index contributed by atoms with van der Waals surface area (Å²) >= 11 is 5.99. The van der Waals surface area contributed by atoms with Gasteiger partial charge in [0.25, 0.3) is 11.8 Å². The molecule has 2 heterocycles. The lowest BCUT2D eigenvalue weighted by Gasteiger charge is -2.30. The van der Waals surface area contributed by atoms with Gasteiger partial charge in [-0.3, -0.25) is 9.59 Å². The monoisotopic (exact) mass is 396 g/mol. The number of hydrogen-bond donors (Lipinski definition) is 1. The van der Waals surface area contributed by atoms with Crippen molar-refractivity contribution in [2.24, 2.45) is 5.92 Å². The minimum Gasteiger partial charge on any atom is -0.449 e. The van der Waals surface area contributed by atoms with Crippen molar-refractivity contribution in [2.45, 2.75) is 19.8 Å². The number of anilines is 1. The highest BCUT2D eigenvalue weighted by Crippen LogP contribution is 2.33. The van der Waals surface area contributed by atoms with Crippen LogP contribution < -0.4 is 10.1 Å². The number of amides is 2. The van der Waals surface area contributed by atoms with Crippen LogP contribution in [0.25, 0.3) is 6.08 Å². The minimum absolute atomic E-state index is 0.00999. The maximum atomic E-state index is 12.8. The van der Waals surface area contributed by atoms with Gasteiger partial charge in [-0.25, -0.2) is 0 Å². The molecule has 2 amide bonds. The van der Waals surface area contributed by atoms with E-state index >= 15 is 0 Å². The molecule has 6 heteroatoms. The van der Waals surface area contributed by atoms with E-state index in [4.69, 9.17) is 16.3 Å². The average Bonchev–Trinajstić information content (AvgIpc) is 2.68. The number of nitrogens with zero attached hydrogens (tertiary/aromatic N) is 1. The second-order valence-electron chi connectivity index (χ2n) is 7.31. The van der Waals surface area contributed by atoms with Crippen molar-refractivity contribution in [3.63, 3.8) is 0 Å². The van der Waals surface area contributed by atoms with Crippen LogP contribution in [0.5, 0.6) is 5.75 Å². The molecule has 0 bridgehead atoms. The van der Waals surface area contributed by atoms with Crippen LogP contribution in [0.4, 0.5) is 5.69 Å². The van der Waals surface area contributed by atoms with Gasteiger partial charge < -0.3 is 15.0 Å². The van der Waals surface area contributed by atoms with Crippen LogP contribution >= 0.6 is 11.6 Å². The predicted molar refractivity (Wildman–Crippen MR) is 109 cm³/mol. The van der Waals surface area contributed by atoms with Crippen LogP contribution in [0.15, 0.2) is 48.2 Å². The number of likely N-dealkylation sites (tertiary alicyclic amines) is 1. The van der Waals surface area contributed by atoms with Gasteiger partial charge >= 0.3 is 0 Å². The van der Waals surface area contributed by atoms with Gasteiger partial charge in [-0.15, -0.1) is 0 Å². The van der Waals surface area contributed by atoms with Gasteiger partial charge in [-0.05, 0) is 60.7 Å². The Balaban J connectivity index is 1.54. The van der Waals surface area contributed by atoms with Crippen LogP contribution in [0.1, 0.15) is 35.7 Å². The van der Waals surface area contributed by atoms with Crippen molar-refractivity contribution >= 4 is 35.2 Å². The quantitative estimate of drug-likeness (QED) is 0.755. The molecule has 28 heavy (non-hydrogen) atoms. The van der Waals surface area contributed by atoms with Crippen LogP contribution in [0.3, 0.4) is 0 Å². The van der Waals surface area contributed by atoms with Gasteiger partial charge in [0.2, 0.25) is 0 Å². The van der Waals surface area contributed by atoms with E-state index in [-0.39, 0.29) is 17.6 Å². The number of carbonyl (C=O) groups is 2. The van der Waals surface area contributed by atoms with Gasteiger partial charge in [0, 0.05) is 23.7 Å². The molecule has 1 fully saturated rings. The van der Waals surface area contributed by atoms with E-state index in [2.05, 4.69) is 12.2 Å². The lowest BCUT2D eigenvalue weighted by molar-refractivity contribution is -0.115. The number of nitrogens with one attached hydrogen (secondary N) is 1. The molecule has 2 aliphatic heterocycles. The Morgan fingerprint density at radius 1 is 1.21 bits per heavy atom. The molecule has 0 aliphatic carbocycles. The molecule has 1 saturated heterocycles. The van der Waals surface area contributed by atoms with Crippen molar-refractivity contribution in [3.05, 3.63) is 64.4 Å². The summed E-state index contributed by atoms with van der Waals surface area (Å²) < 4.78 is 5.76. The maximum absolute atomic E-state index is 12.8. The van der Waals surface area contributed by atoms with Gasteiger partial charge in [0.05, 0.1) is 5.69 Å². The molecule has 0 unspecified atom stereocenters. The molecule has 0 atom stereocenters. The highest BCUT2D eigenvalue weighted by Gasteiger charge is 2.26. The number of piperidine rings is 1. The van der Waals surface area contributed by atoms with E-state index in [1.165, 1.54) is 0 Å². The number of halogens is 1. The summed E-state index contributed by atoms with van der Waals surface area (Å²) in [5, 5.41) is 3.40. The predicted octanol–water partition coefficient (Wildman–Crippen LogP) is 4.58. The Hall–Kier alpha value is -2.79. The van der Waals surface area contributed by atoms with E-state index in [9.17, 15) is 9.59 Å². The van der Waals surface area contributed by atoms with Gasteiger partial charge in [0.1, 0.15) is 0 Å². The zero-order valence-corrected chi connectivity index (χ0v) is 16.3. The molecule has 1 N–H and O–H groups in total. The summed E-state index contributed by atoms with van der Waals surface area (Å²) in [5.74, 6) is 0.980. The molecular weight excluding hydrogens is 376 g/mol. The van der Waals surface area contributed by atoms with Crippen LogP contribution in [0, 0.1) is 5.92 Å². The number of ether oxygens (including phenoxy) is 1. The van der Waals surface area contributed by atoms with E-state index in [0.717, 1.165) is 31.5 Å². The number of hydrogen-bond acceptors (Lipinski definition) is 3. The summed E-state index contributed by atoms with van der Waals surface area (Å²) in [4.78, 5) is 27.1. The molecule has 0 aromatic heterocycles. The molecule has 2 aromatic carbocycles. The molecule has 0 saturated carbocycles. The molecule has 2 aromatic rings. The van der Waals surface area contributed by atoms with Crippen LogP contribution in [0.2, 0.25) is 5.02 Å². The van der Waals surface area contributed by atoms with Gasteiger partial charge in [-0.1, -0.05) is 30.7 Å². The summed E-state index contributed by atoms with van der Waals surface area (Å²) in [6.07, 6.45) is 3.68. The van der Waals surface area contributed by atoms with Crippen molar-refractivity contribution in [3.8, 4) is 5.75 Å². The third kappa shape index (κ3) is 3.90. The number of rotatable bonds is 2. The lowest BCUT2D eigenvalue weighted by Crippen LogP contribution is -2.38. The largest absolute Gasteiger partial charge is 0.449 e. The highest BCUT2D eigenvalue weighted by molar-refractivity contribution is 6.30. The zero-order valence-electron chi connectivity index (χ0n) is 15.6. The minimum atomic E-state index is -0.358. The molecule has 5 nitrogen and oxygen atoms in total. The first-order valence-corrected chi connectivity index (χ1v) is 9.77. The fourth-order valence-electron chi connectivity index (χ4n) is 3.44. The Morgan fingerprint density at radius 3 is 2.75 bits per heavy atom. The summed E-state index contributed by atoms with van der Waals surface area (Å²) in [6.45, 7) is 3.75. The molecular formula is C22H21ClN2O3. The number of fused-ring (bicyclic) bond motifs is 1. The Kier molecular flexibility index (Phi) is 5.09. The topological polar surface area (TPSA) is 58.6 Å². The first-order chi connectivity index (χ1) is 13.5. The van der Waals surface area contributed by atoms with Crippen LogP contribution in [-0.2, 0) is 4.79 Å². The van der Waals surface area contributed by atoms with Gasteiger partial charge in [-0.2, -0.15) is 0 Å². The molecule has 144 valence electrons. The standard InChI is InChI=1S/C22H21ClN2O3/c1-14-7-9-25(10-8-14)22(27)16-5-6-19-18(13-16)24-21(26)20(28-19)12-15-3-2-4-17(23)11-15/h2-6,11-14H,7-10H2,1H3,(H,24,26). The smallest absolute Gasteiger partial charge is 0.291 e. The first kappa shape index (κ1) is 18.6. The normalized spacial score (nSPS) is 18.4. The highest BCUT2D eigenvalue weighted by atomic mass is 35.5. The van der Waals surface area contributed by atoms with Crippen LogP contribution in [-0.4, -0.2) is 29.8 Å². The number of carbonyl (C=O) groups excluding carboxylic acids is 2. The summed E-state index contributed by atoms with van der Waals surface area (Å²) in [5.41, 5.74) is 1.83. The average molecular weight is 397 g/mol. The number of benzene rings is 2. The Bertz CT molecular complexity index is 962. The first-order valence-electron chi connectivity index (χ1n) is 9.39. The molecule has 0 spiro atoms. The maximum Gasteiger partial charge on any atom is 0.291 e.